The Morgan fingerprint density at radius 2 is 2.11 bits per heavy atom. The molecule has 144 valence electrons. The molecular weight excluding hydrogens is 349 g/mol. The van der Waals surface area contributed by atoms with Crippen LogP contribution in [0.2, 0.25) is 0 Å². The number of hydrogen-bond acceptors (Lipinski definition) is 4. The maximum absolute atomic E-state index is 15.1. The van der Waals surface area contributed by atoms with Gasteiger partial charge in [-0.05, 0) is 68.2 Å². The van der Waals surface area contributed by atoms with E-state index in [1.807, 2.05) is 11.8 Å². The van der Waals surface area contributed by atoms with Crippen LogP contribution in [-0.4, -0.2) is 35.1 Å². The van der Waals surface area contributed by atoms with Gasteiger partial charge in [-0.3, -0.25) is 9.20 Å². The van der Waals surface area contributed by atoms with Crippen molar-refractivity contribution in [2.75, 3.05) is 24.5 Å². The summed E-state index contributed by atoms with van der Waals surface area (Å²) in [5.41, 5.74) is 7.53. The van der Waals surface area contributed by atoms with Gasteiger partial charge in [0.2, 0.25) is 0 Å². The van der Waals surface area contributed by atoms with Crippen molar-refractivity contribution in [3.63, 3.8) is 0 Å². The Balaban J connectivity index is 1.95. The molecule has 2 aromatic heterocycles. The fraction of sp³-hybridized carbons (Fsp3) is 0.500. The number of halogens is 1. The highest BCUT2D eigenvalue weighted by atomic mass is 19.1. The van der Waals surface area contributed by atoms with Crippen LogP contribution in [0.15, 0.2) is 17.1 Å². The number of aromatic carboxylic acids is 1. The van der Waals surface area contributed by atoms with Gasteiger partial charge in [0.25, 0.3) is 5.56 Å². The quantitative estimate of drug-likeness (QED) is 0.860. The van der Waals surface area contributed by atoms with Crippen molar-refractivity contribution in [1.82, 2.24) is 4.40 Å². The number of aromatic nitrogens is 1. The second-order valence-corrected chi connectivity index (χ2v) is 7.76. The Morgan fingerprint density at radius 1 is 1.37 bits per heavy atom. The van der Waals surface area contributed by atoms with E-state index in [4.69, 9.17) is 5.73 Å². The normalized spacial score (nSPS) is 20.3. The van der Waals surface area contributed by atoms with E-state index in [1.54, 1.807) is 0 Å². The van der Waals surface area contributed by atoms with Crippen molar-refractivity contribution < 1.29 is 14.3 Å². The number of piperidine rings is 1. The van der Waals surface area contributed by atoms with Gasteiger partial charge in [-0.15, -0.1) is 0 Å². The summed E-state index contributed by atoms with van der Waals surface area (Å²) < 4.78 is 16.3. The third kappa shape index (κ3) is 3.00. The van der Waals surface area contributed by atoms with E-state index in [-0.39, 0.29) is 11.5 Å². The zero-order valence-electron chi connectivity index (χ0n) is 15.4. The molecule has 1 saturated heterocycles. The van der Waals surface area contributed by atoms with E-state index in [0.717, 1.165) is 44.0 Å². The average molecular weight is 373 g/mol. The molecule has 3 heterocycles. The molecule has 0 radical (unpaired) electrons. The number of hydrogen-bond donors (Lipinski definition) is 2. The maximum Gasteiger partial charge on any atom is 0.341 e. The lowest BCUT2D eigenvalue weighted by Crippen LogP contribution is -2.39. The lowest BCUT2D eigenvalue weighted by atomic mass is 9.96. The molecule has 1 unspecified atom stereocenters. The second-order valence-electron chi connectivity index (χ2n) is 7.76. The number of fused-ring (bicyclic) bond motifs is 1. The summed E-state index contributed by atoms with van der Waals surface area (Å²) in [7, 11) is 0. The fourth-order valence-electron chi connectivity index (χ4n) is 4.35. The van der Waals surface area contributed by atoms with Crippen molar-refractivity contribution in [1.29, 1.82) is 0 Å². The molecule has 0 amide bonds. The summed E-state index contributed by atoms with van der Waals surface area (Å²) in [6.45, 7) is 3.84. The van der Waals surface area contributed by atoms with Gasteiger partial charge in [0, 0.05) is 13.1 Å². The van der Waals surface area contributed by atoms with E-state index >= 15 is 4.39 Å². The monoisotopic (exact) mass is 373 g/mol. The molecule has 6 nitrogen and oxygen atoms in total. The standard InChI is InChI=1S/C20H24FN3O3/c1-11-17-14(13-4-5-13)7-15(20(26)27)19(25)24(17)10-16(21)18(11)23-6-2-3-12(8-22)9-23/h7,10,12-13H,2-6,8-9,22H2,1H3,(H,26,27). The smallest absolute Gasteiger partial charge is 0.341 e. The first kappa shape index (κ1) is 18.0. The van der Waals surface area contributed by atoms with Gasteiger partial charge in [0.1, 0.15) is 5.56 Å². The van der Waals surface area contributed by atoms with Crippen LogP contribution in [0, 0.1) is 18.7 Å². The lowest BCUT2D eigenvalue weighted by molar-refractivity contribution is 0.0694. The Kier molecular flexibility index (Phi) is 4.42. The molecule has 2 aliphatic rings. The predicted octanol–water partition coefficient (Wildman–Crippen LogP) is 2.50. The van der Waals surface area contributed by atoms with Crippen LogP contribution >= 0.6 is 0 Å². The van der Waals surface area contributed by atoms with Gasteiger partial charge < -0.3 is 15.7 Å². The highest BCUT2D eigenvalue weighted by Crippen LogP contribution is 2.44. The zero-order chi connectivity index (χ0) is 19.3. The number of anilines is 1. The van der Waals surface area contributed by atoms with Gasteiger partial charge in [0.05, 0.1) is 17.4 Å². The van der Waals surface area contributed by atoms with Gasteiger partial charge in [0.15, 0.2) is 5.82 Å². The van der Waals surface area contributed by atoms with Crippen LogP contribution in [0.5, 0.6) is 0 Å². The largest absolute Gasteiger partial charge is 0.477 e. The minimum atomic E-state index is -1.28. The van der Waals surface area contributed by atoms with Gasteiger partial charge in [-0.1, -0.05) is 0 Å². The maximum atomic E-state index is 15.1. The summed E-state index contributed by atoms with van der Waals surface area (Å²) in [6.07, 6.45) is 5.06. The minimum Gasteiger partial charge on any atom is -0.477 e. The van der Waals surface area contributed by atoms with Gasteiger partial charge >= 0.3 is 5.97 Å². The van der Waals surface area contributed by atoms with Crippen LogP contribution in [0.4, 0.5) is 10.1 Å². The topological polar surface area (TPSA) is 88.0 Å². The molecule has 2 aromatic rings. The van der Waals surface area contributed by atoms with Crippen LogP contribution in [0.1, 0.15) is 53.1 Å². The molecule has 1 saturated carbocycles. The zero-order valence-corrected chi connectivity index (χ0v) is 15.4. The number of pyridine rings is 2. The first-order valence-electron chi connectivity index (χ1n) is 9.49. The molecule has 0 spiro atoms. The molecule has 1 aliphatic carbocycles. The summed E-state index contributed by atoms with van der Waals surface area (Å²) in [4.78, 5) is 26.2. The summed E-state index contributed by atoms with van der Waals surface area (Å²) in [5.74, 6) is -1.22. The lowest BCUT2D eigenvalue weighted by Gasteiger charge is -2.35. The number of carbonyl (C=O) groups is 1. The van der Waals surface area contributed by atoms with E-state index in [9.17, 15) is 14.7 Å². The SMILES string of the molecule is Cc1c(N2CCCC(CN)C2)c(F)cn2c(=O)c(C(=O)O)cc(C3CC3)c12. The summed E-state index contributed by atoms with van der Waals surface area (Å²) in [5, 5.41) is 9.38. The molecule has 1 atom stereocenters. The van der Waals surface area contributed by atoms with Crippen LogP contribution < -0.4 is 16.2 Å². The van der Waals surface area contributed by atoms with E-state index < -0.39 is 17.3 Å². The first-order valence-corrected chi connectivity index (χ1v) is 9.49. The number of nitrogens with two attached hydrogens (primary N) is 1. The Morgan fingerprint density at radius 3 is 2.74 bits per heavy atom. The highest BCUT2D eigenvalue weighted by molar-refractivity contribution is 5.89. The molecule has 0 bridgehead atoms. The Bertz CT molecular complexity index is 981. The molecular formula is C20H24FN3O3. The molecule has 27 heavy (non-hydrogen) atoms. The second kappa shape index (κ2) is 6.64. The average Bonchev–Trinajstić information content (AvgIpc) is 3.47. The van der Waals surface area contributed by atoms with E-state index in [1.165, 1.54) is 10.5 Å². The summed E-state index contributed by atoms with van der Waals surface area (Å²) in [6, 6.07) is 1.49. The number of rotatable bonds is 4. The Labute approximate surface area is 156 Å². The number of aryl methyl sites for hydroxylation is 1. The summed E-state index contributed by atoms with van der Waals surface area (Å²) >= 11 is 0. The van der Waals surface area contributed by atoms with E-state index in [2.05, 4.69) is 0 Å². The van der Waals surface area contributed by atoms with Crippen molar-refractivity contribution in [2.45, 2.75) is 38.5 Å². The van der Waals surface area contributed by atoms with Crippen molar-refractivity contribution in [3.8, 4) is 0 Å². The fourth-order valence-corrected chi connectivity index (χ4v) is 4.35. The third-order valence-corrected chi connectivity index (χ3v) is 5.86. The first-order chi connectivity index (χ1) is 12.9. The number of nitrogens with zero attached hydrogens (tertiary/aromatic N) is 2. The molecule has 3 N–H and O–H groups in total. The third-order valence-electron chi connectivity index (χ3n) is 5.86. The van der Waals surface area contributed by atoms with E-state index in [0.29, 0.717) is 35.8 Å². The van der Waals surface area contributed by atoms with Crippen molar-refractivity contribution >= 4 is 17.2 Å². The van der Waals surface area contributed by atoms with Gasteiger partial charge in [-0.2, -0.15) is 0 Å². The minimum absolute atomic E-state index is 0.230. The van der Waals surface area contributed by atoms with Crippen LogP contribution in [0.3, 0.4) is 0 Å². The number of carboxylic acid groups (broad SMARTS) is 1. The van der Waals surface area contributed by atoms with Crippen molar-refractivity contribution in [2.24, 2.45) is 11.7 Å². The Hall–Kier alpha value is -2.41. The predicted molar refractivity (Wildman–Crippen MR) is 101 cm³/mol. The van der Waals surface area contributed by atoms with Crippen molar-refractivity contribution in [3.05, 3.63) is 45.1 Å². The number of carboxylic acids is 1. The van der Waals surface area contributed by atoms with Crippen LogP contribution in [0.25, 0.3) is 5.52 Å². The van der Waals surface area contributed by atoms with Gasteiger partial charge in [-0.25, -0.2) is 9.18 Å². The molecule has 4 rings (SSSR count). The van der Waals surface area contributed by atoms with Crippen LogP contribution in [-0.2, 0) is 0 Å². The molecule has 2 fully saturated rings. The molecule has 0 aromatic carbocycles. The highest BCUT2D eigenvalue weighted by Gasteiger charge is 2.31. The molecule has 1 aliphatic heterocycles. The molecule has 7 heteroatoms.